The van der Waals surface area contributed by atoms with Crippen molar-refractivity contribution in [2.24, 2.45) is 0 Å². The topological polar surface area (TPSA) is 66.5 Å². The highest BCUT2D eigenvalue weighted by atomic mass is 16.5. The number of amides is 1. The molecule has 6 nitrogen and oxygen atoms in total. The highest BCUT2D eigenvalue weighted by Crippen LogP contribution is 2.29. The molecule has 1 atom stereocenters. The Balaban J connectivity index is 1.13. The molecule has 6 heteroatoms. The molecule has 0 aliphatic carbocycles. The highest BCUT2D eigenvalue weighted by Gasteiger charge is 2.22. The van der Waals surface area contributed by atoms with Gasteiger partial charge in [-0.15, -0.1) is 0 Å². The fourth-order valence-electron chi connectivity index (χ4n) is 5.13. The van der Waals surface area contributed by atoms with E-state index in [4.69, 9.17) is 4.74 Å². The molecule has 2 N–H and O–H groups in total. The third-order valence-corrected chi connectivity index (χ3v) is 7.15. The van der Waals surface area contributed by atoms with Crippen molar-refractivity contribution in [1.29, 1.82) is 0 Å². The van der Waals surface area contributed by atoms with Crippen LogP contribution in [0.1, 0.15) is 49.3 Å². The molecule has 34 heavy (non-hydrogen) atoms. The van der Waals surface area contributed by atoms with Crippen LogP contribution in [0.2, 0.25) is 0 Å². The van der Waals surface area contributed by atoms with E-state index in [-0.39, 0.29) is 12.5 Å². The number of piperidine rings is 1. The largest absolute Gasteiger partial charge is 0.482 e. The van der Waals surface area contributed by atoms with Gasteiger partial charge in [-0.05, 0) is 79.2 Å². The van der Waals surface area contributed by atoms with E-state index in [0.717, 1.165) is 62.4 Å². The van der Waals surface area contributed by atoms with Crippen LogP contribution < -0.4 is 15.4 Å². The van der Waals surface area contributed by atoms with E-state index < -0.39 is 0 Å². The van der Waals surface area contributed by atoms with E-state index in [0.29, 0.717) is 12.0 Å². The maximum atomic E-state index is 11.4. The predicted octanol–water partition coefficient (Wildman–Crippen LogP) is 4.49. The monoisotopic (exact) mass is 458 g/mol. The summed E-state index contributed by atoms with van der Waals surface area (Å²) in [4.78, 5) is 18.7. The summed E-state index contributed by atoms with van der Waals surface area (Å²) in [6.45, 7) is 8.75. The van der Waals surface area contributed by atoms with E-state index in [1.54, 1.807) is 0 Å². The van der Waals surface area contributed by atoms with E-state index >= 15 is 0 Å². The van der Waals surface area contributed by atoms with Crippen molar-refractivity contribution in [3.8, 4) is 5.75 Å². The van der Waals surface area contributed by atoms with Crippen molar-refractivity contribution in [3.63, 3.8) is 0 Å². The summed E-state index contributed by atoms with van der Waals surface area (Å²) in [6, 6.07) is 15.4. The second-order valence-electron chi connectivity index (χ2n) is 9.64. The van der Waals surface area contributed by atoms with Gasteiger partial charge in [-0.2, -0.15) is 0 Å². The normalized spacial score (nSPS) is 17.8. The van der Waals surface area contributed by atoms with Gasteiger partial charge in [-0.3, -0.25) is 9.78 Å². The van der Waals surface area contributed by atoms with Gasteiger partial charge in [0.1, 0.15) is 5.75 Å². The maximum absolute atomic E-state index is 11.4. The Morgan fingerprint density at radius 2 is 2.03 bits per heavy atom. The van der Waals surface area contributed by atoms with Crippen molar-refractivity contribution in [2.75, 3.05) is 31.6 Å². The van der Waals surface area contributed by atoms with E-state index in [2.05, 4.69) is 64.7 Å². The molecule has 1 fully saturated rings. The molecule has 1 saturated heterocycles. The first-order valence-corrected chi connectivity index (χ1v) is 12.5. The average Bonchev–Trinajstić information content (AvgIpc) is 2.87. The van der Waals surface area contributed by atoms with Gasteiger partial charge in [0.2, 0.25) is 0 Å². The van der Waals surface area contributed by atoms with Crippen LogP contribution in [-0.4, -0.2) is 48.1 Å². The zero-order valence-corrected chi connectivity index (χ0v) is 20.1. The number of carbonyl (C=O) groups is 1. The smallest absolute Gasteiger partial charge is 0.262 e. The standard InChI is InChI=1S/C28H34N4O2/c1-3-20-13-24-23(5-4-6-25(24)30-15-20)19(2)17-32-11-9-22(10-12-32)29-16-21-7-8-26-27(14-21)34-18-28(33)31-26/h4-8,13-15,19,22,29H,3,9-12,16-18H2,1-2H3,(H,31,33). The molecule has 3 aromatic rings. The number of nitrogens with one attached hydrogen (secondary N) is 2. The van der Waals surface area contributed by atoms with Gasteiger partial charge in [0.15, 0.2) is 6.61 Å². The second kappa shape index (κ2) is 10.1. The summed E-state index contributed by atoms with van der Waals surface area (Å²) in [5.74, 6) is 1.14. The molecule has 178 valence electrons. The number of fused-ring (bicyclic) bond motifs is 2. The molecule has 3 heterocycles. The Hall–Kier alpha value is -2.96. The molecule has 2 aromatic carbocycles. The van der Waals surface area contributed by atoms with Crippen molar-refractivity contribution in [3.05, 3.63) is 65.4 Å². The van der Waals surface area contributed by atoms with Crippen molar-refractivity contribution >= 4 is 22.5 Å². The lowest BCUT2D eigenvalue weighted by atomic mass is 9.94. The number of rotatable bonds is 7. The number of pyridine rings is 1. The molecule has 0 saturated carbocycles. The fourth-order valence-corrected chi connectivity index (χ4v) is 5.13. The Bertz CT molecular complexity index is 1170. The predicted molar refractivity (Wildman–Crippen MR) is 136 cm³/mol. The Kier molecular flexibility index (Phi) is 6.79. The summed E-state index contributed by atoms with van der Waals surface area (Å²) in [5, 5.41) is 7.87. The molecule has 0 radical (unpaired) electrons. The van der Waals surface area contributed by atoms with Crippen LogP contribution in [0.4, 0.5) is 5.69 Å². The maximum Gasteiger partial charge on any atom is 0.262 e. The van der Waals surface area contributed by atoms with Gasteiger partial charge < -0.3 is 20.3 Å². The molecule has 1 unspecified atom stereocenters. The SMILES string of the molecule is CCc1cnc2cccc(C(C)CN3CCC(NCc4ccc5c(c4)OCC(=O)N5)CC3)c2c1. The Morgan fingerprint density at radius 3 is 2.85 bits per heavy atom. The minimum absolute atomic E-state index is 0.0931. The summed E-state index contributed by atoms with van der Waals surface area (Å²) in [5.41, 5.74) is 5.75. The lowest BCUT2D eigenvalue weighted by Gasteiger charge is -2.34. The Morgan fingerprint density at radius 1 is 1.18 bits per heavy atom. The van der Waals surface area contributed by atoms with Gasteiger partial charge in [0.05, 0.1) is 11.2 Å². The number of anilines is 1. The van der Waals surface area contributed by atoms with Crippen molar-refractivity contribution in [1.82, 2.24) is 15.2 Å². The molecule has 1 aromatic heterocycles. The number of benzene rings is 2. The van der Waals surface area contributed by atoms with Crippen LogP contribution in [0.5, 0.6) is 5.75 Å². The summed E-state index contributed by atoms with van der Waals surface area (Å²) in [7, 11) is 0. The zero-order chi connectivity index (χ0) is 23.5. The number of nitrogens with zero attached hydrogens (tertiary/aromatic N) is 2. The van der Waals surface area contributed by atoms with Gasteiger partial charge >= 0.3 is 0 Å². The number of hydrogen-bond donors (Lipinski definition) is 2. The number of ether oxygens (including phenoxy) is 1. The van der Waals surface area contributed by atoms with Gasteiger partial charge in [0, 0.05) is 30.7 Å². The molecule has 2 aliphatic rings. The zero-order valence-electron chi connectivity index (χ0n) is 20.1. The number of hydrogen-bond acceptors (Lipinski definition) is 5. The molecular formula is C28H34N4O2. The van der Waals surface area contributed by atoms with Crippen LogP contribution in [0.3, 0.4) is 0 Å². The second-order valence-corrected chi connectivity index (χ2v) is 9.64. The molecule has 0 bridgehead atoms. The van der Waals surface area contributed by atoms with Crippen molar-refractivity contribution < 1.29 is 9.53 Å². The number of aromatic nitrogens is 1. The summed E-state index contributed by atoms with van der Waals surface area (Å²) >= 11 is 0. The first-order chi connectivity index (χ1) is 16.6. The lowest BCUT2D eigenvalue weighted by molar-refractivity contribution is -0.118. The average molecular weight is 459 g/mol. The number of aryl methyl sites for hydroxylation is 1. The quantitative estimate of drug-likeness (QED) is 0.546. The molecule has 1 amide bonds. The number of likely N-dealkylation sites (tertiary alicyclic amines) is 1. The summed E-state index contributed by atoms with van der Waals surface area (Å²) < 4.78 is 5.54. The third-order valence-electron chi connectivity index (χ3n) is 7.15. The fraction of sp³-hybridized carbons (Fsp3) is 0.429. The van der Waals surface area contributed by atoms with Crippen LogP contribution >= 0.6 is 0 Å². The van der Waals surface area contributed by atoms with Gasteiger partial charge in [-0.25, -0.2) is 0 Å². The van der Waals surface area contributed by atoms with Crippen LogP contribution in [0, 0.1) is 0 Å². The third kappa shape index (κ3) is 5.08. The molecular weight excluding hydrogens is 424 g/mol. The van der Waals surface area contributed by atoms with Crippen LogP contribution in [0.25, 0.3) is 10.9 Å². The number of carbonyl (C=O) groups excluding carboxylic acids is 1. The lowest BCUT2D eigenvalue weighted by Crippen LogP contribution is -2.43. The minimum atomic E-state index is -0.0951. The Labute approximate surface area is 201 Å². The van der Waals surface area contributed by atoms with E-state index in [9.17, 15) is 4.79 Å². The summed E-state index contributed by atoms with van der Waals surface area (Å²) in [6.07, 6.45) is 5.33. The van der Waals surface area contributed by atoms with Gasteiger partial charge in [0.25, 0.3) is 5.91 Å². The van der Waals surface area contributed by atoms with Crippen LogP contribution in [-0.2, 0) is 17.8 Å². The van der Waals surface area contributed by atoms with Gasteiger partial charge in [-0.1, -0.05) is 32.0 Å². The van der Waals surface area contributed by atoms with E-state index in [1.165, 1.54) is 22.1 Å². The van der Waals surface area contributed by atoms with Crippen molar-refractivity contribution in [2.45, 2.75) is 51.6 Å². The first kappa shape index (κ1) is 22.8. The molecule has 5 rings (SSSR count). The first-order valence-electron chi connectivity index (χ1n) is 12.5. The minimum Gasteiger partial charge on any atom is -0.482 e. The van der Waals surface area contributed by atoms with E-state index in [1.807, 2.05) is 18.3 Å². The molecule has 2 aliphatic heterocycles. The molecule has 0 spiro atoms. The van der Waals surface area contributed by atoms with Crippen LogP contribution in [0.15, 0.2) is 48.7 Å². The highest BCUT2D eigenvalue weighted by molar-refractivity contribution is 5.95.